The zero-order chi connectivity index (χ0) is 21.4. The summed E-state index contributed by atoms with van der Waals surface area (Å²) in [5.41, 5.74) is 1.01. The van der Waals surface area contributed by atoms with Gasteiger partial charge in [-0.25, -0.2) is 0 Å². The topological polar surface area (TPSA) is 52.9 Å². The molecule has 0 amide bonds. The molecule has 4 nitrogen and oxygen atoms in total. The third-order valence-electron chi connectivity index (χ3n) is 7.51. The Balaban J connectivity index is 1.36. The van der Waals surface area contributed by atoms with Crippen LogP contribution >= 0.6 is 0 Å². The van der Waals surface area contributed by atoms with E-state index in [-0.39, 0.29) is 12.0 Å². The van der Waals surface area contributed by atoms with Gasteiger partial charge < -0.3 is 14.9 Å². The van der Waals surface area contributed by atoms with Gasteiger partial charge in [0.1, 0.15) is 0 Å². The molecule has 1 saturated carbocycles. The van der Waals surface area contributed by atoms with Crippen LogP contribution in [0.1, 0.15) is 78.1 Å². The van der Waals surface area contributed by atoms with Gasteiger partial charge in [-0.05, 0) is 70.3 Å². The third-order valence-corrected chi connectivity index (χ3v) is 7.51. The molecule has 0 aromatic carbocycles. The van der Waals surface area contributed by atoms with Crippen molar-refractivity contribution in [3.8, 4) is 0 Å². The van der Waals surface area contributed by atoms with Gasteiger partial charge in [0.05, 0.1) is 24.9 Å². The van der Waals surface area contributed by atoms with E-state index in [4.69, 9.17) is 4.74 Å². The highest BCUT2D eigenvalue weighted by Gasteiger charge is 2.43. The molecule has 172 valence electrons. The molecule has 0 aromatic rings. The van der Waals surface area contributed by atoms with Crippen molar-refractivity contribution >= 4 is 0 Å². The zero-order valence-corrected chi connectivity index (χ0v) is 19.4. The minimum absolute atomic E-state index is 0.219. The Kier molecular flexibility index (Phi) is 9.43. The SMILES string of the molecule is CCCC[C@](C)(O)C/C=C/[C@@H]1[C@H]2CC(CCCCCN3CCOCC3)=C[C@H]2C[C@H]1O. The molecule has 2 N–H and O–H groups in total. The maximum Gasteiger partial charge on any atom is 0.0654 e. The van der Waals surface area contributed by atoms with Gasteiger partial charge in [-0.3, -0.25) is 4.90 Å². The molecular weight excluding hydrogens is 374 g/mol. The summed E-state index contributed by atoms with van der Waals surface area (Å²) < 4.78 is 5.42. The Bertz CT molecular complexity index is 565. The van der Waals surface area contributed by atoms with E-state index in [0.717, 1.165) is 58.4 Å². The van der Waals surface area contributed by atoms with Gasteiger partial charge >= 0.3 is 0 Å². The van der Waals surface area contributed by atoms with Crippen LogP contribution in [0.4, 0.5) is 0 Å². The molecule has 3 aliphatic rings. The molecule has 2 aliphatic carbocycles. The van der Waals surface area contributed by atoms with Crippen molar-refractivity contribution in [3.05, 3.63) is 23.8 Å². The van der Waals surface area contributed by atoms with E-state index in [1.807, 2.05) is 6.92 Å². The van der Waals surface area contributed by atoms with Gasteiger partial charge in [0, 0.05) is 19.0 Å². The van der Waals surface area contributed by atoms with E-state index in [0.29, 0.717) is 18.3 Å². The largest absolute Gasteiger partial charge is 0.392 e. The molecule has 1 heterocycles. The molecule has 0 spiro atoms. The first-order chi connectivity index (χ1) is 14.5. The summed E-state index contributed by atoms with van der Waals surface area (Å²) in [4.78, 5) is 2.53. The fourth-order valence-corrected chi connectivity index (χ4v) is 5.62. The number of fused-ring (bicyclic) bond motifs is 1. The van der Waals surface area contributed by atoms with Crippen LogP contribution in [0, 0.1) is 17.8 Å². The molecule has 3 rings (SSSR count). The second kappa shape index (κ2) is 11.8. The molecule has 1 saturated heterocycles. The number of hydrogen-bond donors (Lipinski definition) is 2. The summed E-state index contributed by atoms with van der Waals surface area (Å²) in [6.07, 6.45) is 17.5. The first kappa shape index (κ1) is 24.0. The van der Waals surface area contributed by atoms with E-state index in [1.165, 1.54) is 32.2 Å². The lowest BCUT2D eigenvalue weighted by atomic mass is 9.87. The van der Waals surface area contributed by atoms with Gasteiger partial charge in [0.15, 0.2) is 0 Å². The van der Waals surface area contributed by atoms with Gasteiger partial charge in [-0.15, -0.1) is 0 Å². The highest BCUT2D eigenvalue weighted by molar-refractivity contribution is 5.20. The fourth-order valence-electron chi connectivity index (χ4n) is 5.62. The summed E-state index contributed by atoms with van der Waals surface area (Å²) in [5.74, 6) is 1.38. The lowest BCUT2D eigenvalue weighted by Gasteiger charge is -2.26. The predicted octanol–water partition coefficient (Wildman–Crippen LogP) is 4.71. The number of allylic oxidation sites excluding steroid dienone is 2. The van der Waals surface area contributed by atoms with E-state index in [2.05, 4.69) is 30.1 Å². The second-order valence-electron chi connectivity index (χ2n) is 10.2. The van der Waals surface area contributed by atoms with Crippen molar-refractivity contribution < 1.29 is 14.9 Å². The Morgan fingerprint density at radius 1 is 1.20 bits per heavy atom. The van der Waals surface area contributed by atoms with Crippen LogP contribution in [-0.2, 0) is 4.74 Å². The third kappa shape index (κ3) is 7.19. The van der Waals surface area contributed by atoms with Gasteiger partial charge in [0.25, 0.3) is 0 Å². The molecule has 0 bridgehead atoms. The monoisotopic (exact) mass is 419 g/mol. The van der Waals surface area contributed by atoms with Crippen LogP contribution in [0.3, 0.4) is 0 Å². The van der Waals surface area contributed by atoms with E-state index >= 15 is 0 Å². The number of ether oxygens (including phenoxy) is 1. The molecule has 0 radical (unpaired) electrons. The fraction of sp³-hybridized carbons (Fsp3) is 0.846. The Morgan fingerprint density at radius 2 is 2.00 bits per heavy atom. The lowest BCUT2D eigenvalue weighted by Crippen LogP contribution is -2.36. The molecule has 4 heteroatoms. The van der Waals surface area contributed by atoms with Crippen LogP contribution in [0.5, 0.6) is 0 Å². The van der Waals surface area contributed by atoms with Crippen molar-refractivity contribution in [1.29, 1.82) is 0 Å². The quantitative estimate of drug-likeness (QED) is 0.355. The van der Waals surface area contributed by atoms with Crippen molar-refractivity contribution in [2.75, 3.05) is 32.8 Å². The van der Waals surface area contributed by atoms with Gasteiger partial charge in [-0.2, -0.15) is 0 Å². The lowest BCUT2D eigenvalue weighted by molar-refractivity contribution is 0.0371. The molecule has 5 atom stereocenters. The van der Waals surface area contributed by atoms with E-state index in [9.17, 15) is 10.2 Å². The van der Waals surface area contributed by atoms with E-state index in [1.54, 1.807) is 5.57 Å². The number of rotatable bonds is 12. The van der Waals surface area contributed by atoms with Crippen molar-refractivity contribution in [3.63, 3.8) is 0 Å². The number of hydrogen-bond acceptors (Lipinski definition) is 4. The zero-order valence-electron chi connectivity index (χ0n) is 19.4. The molecule has 1 aliphatic heterocycles. The molecule has 30 heavy (non-hydrogen) atoms. The smallest absolute Gasteiger partial charge is 0.0654 e. The number of aliphatic hydroxyl groups is 2. The summed E-state index contributed by atoms with van der Waals surface area (Å²) in [6.45, 7) is 9.31. The van der Waals surface area contributed by atoms with Crippen molar-refractivity contribution in [2.24, 2.45) is 17.8 Å². The average molecular weight is 420 g/mol. The Hall–Kier alpha value is -0.680. The normalized spacial score (nSPS) is 31.8. The Morgan fingerprint density at radius 3 is 2.77 bits per heavy atom. The number of aliphatic hydroxyl groups excluding tert-OH is 1. The van der Waals surface area contributed by atoms with Crippen LogP contribution in [0.25, 0.3) is 0 Å². The summed E-state index contributed by atoms with van der Waals surface area (Å²) in [6, 6.07) is 0. The van der Waals surface area contributed by atoms with Crippen LogP contribution in [-0.4, -0.2) is 59.7 Å². The Labute approximate surface area is 184 Å². The molecule has 0 unspecified atom stereocenters. The molecule has 2 fully saturated rings. The highest BCUT2D eigenvalue weighted by atomic mass is 16.5. The van der Waals surface area contributed by atoms with Gasteiger partial charge in [0.2, 0.25) is 0 Å². The summed E-state index contributed by atoms with van der Waals surface area (Å²) in [7, 11) is 0. The van der Waals surface area contributed by atoms with E-state index < -0.39 is 5.60 Å². The minimum atomic E-state index is -0.615. The number of nitrogens with zero attached hydrogens (tertiary/aromatic N) is 1. The maximum atomic E-state index is 10.6. The van der Waals surface area contributed by atoms with Crippen LogP contribution in [0.15, 0.2) is 23.8 Å². The number of unbranched alkanes of at least 4 members (excludes halogenated alkanes) is 3. The standard InChI is InChI=1S/C26H45NO3/c1-3-4-11-26(2,29)12-8-10-23-24-19-21(18-22(24)20-25(23)28)9-6-5-7-13-27-14-16-30-17-15-27/h8,10,18,22-25,28-29H,3-7,9,11-17,19-20H2,1-2H3/b10-8+/t22-,23+,24-,25+,26-/m0/s1. The molecule has 0 aromatic heterocycles. The second-order valence-corrected chi connectivity index (χ2v) is 10.2. The van der Waals surface area contributed by atoms with Crippen LogP contribution in [0.2, 0.25) is 0 Å². The first-order valence-electron chi connectivity index (χ1n) is 12.6. The molecular formula is C26H45NO3. The predicted molar refractivity (Wildman–Crippen MR) is 123 cm³/mol. The van der Waals surface area contributed by atoms with Crippen LogP contribution < -0.4 is 0 Å². The first-order valence-corrected chi connectivity index (χ1v) is 12.6. The number of morpholine rings is 1. The summed E-state index contributed by atoms with van der Waals surface area (Å²) >= 11 is 0. The van der Waals surface area contributed by atoms with Gasteiger partial charge in [-0.1, -0.05) is 50.0 Å². The summed E-state index contributed by atoms with van der Waals surface area (Å²) in [5, 5.41) is 21.1. The maximum absolute atomic E-state index is 10.6. The van der Waals surface area contributed by atoms with Crippen molar-refractivity contribution in [1.82, 2.24) is 4.90 Å². The minimum Gasteiger partial charge on any atom is -0.392 e. The highest BCUT2D eigenvalue weighted by Crippen LogP contribution is 2.48. The van der Waals surface area contributed by atoms with Crippen molar-refractivity contribution in [2.45, 2.75) is 89.8 Å². The average Bonchev–Trinajstić information content (AvgIpc) is 3.24.